The van der Waals surface area contributed by atoms with Gasteiger partial charge in [-0.15, -0.1) is 0 Å². The second kappa shape index (κ2) is 6.14. The predicted octanol–water partition coefficient (Wildman–Crippen LogP) is 1.01. The van der Waals surface area contributed by atoms with Crippen LogP contribution in [0, 0.1) is 6.92 Å². The summed E-state index contributed by atoms with van der Waals surface area (Å²) in [5.74, 6) is -0.344. The van der Waals surface area contributed by atoms with Gasteiger partial charge in [0.25, 0.3) is 0 Å². The number of hydrogen-bond acceptors (Lipinski definition) is 4. The highest BCUT2D eigenvalue weighted by molar-refractivity contribution is 7.89. The largest absolute Gasteiger partial charge is 0.369 e. The van der Waals surface area contributed by atoms with Crippen LogP contribution in [0.4, 0.5) is 5.69 Å². The van der Waals surface area contributed by atoms with Gasteiger partial charge in [0, 0.05) is 5.69 Å². The van der Waals surface area contributed by atoms with Crippen LogP contribution < -0.4 is 10.5 Å². The Bertz CT molecular complexity index is 567. The van der Waals surface area contributed by atoms with Crippen molar-refractivity contribution in [3.8, 4) is 0 Å². The molecule has 0 fully saturated rings. The highest BCUT2D eigenvalue weighted by atomic mass is 32.2. The maximum Gasteiger partial charge on any atom is 0.250 e. The molecule has 0 unspecified atom stereocenters. The SMILES string of the molecule is Cc1ccc(S(N)(=O)=O)cc1NC(=O)COC(C)C. The van der Waals surface area contributed by atoms with Crippen molar-refractivity contribution in [2.45, 2.75) is 31.8 Å². The van der Waals surface area contributed by atoms with Crippen LogP contribution in [0.2, 0.25) is 0 Å². The van der Waals surface area contributed by atoms with E-state index in [0.29, 0.717) is 5.69 Å². The fourth-order valence-corrected chi connectivity index (χ4v) is 1.88. The van der Waals surface area contributed by atoms with Gasteiger partial charge in [-0.2, -0.15) is 0 Å². The van der Waals surface area contributed by atoms with Crippen LogP contribution in [0.5, 0.6) is 0 Å². The van der Waals surface area contributed by atoms with Crippen LogP contribution in [0.25, 0.3) is 0 Å². The molecular weight excluding hydrogens is 268 g/mol. The van der Waals surface area contributed by atoms with Gasteiger partial charge in [0.2, 0.25) is 15.9 Å². The van der Waals surface area contributed by atoms with Gasteiger partial charge in [-0.25, -0.2) is 13.6 Å². The van der Waals surface area contributed by atoms with Crippen molar-refractivity contribution >= 4 is 21.6 Å². The molecule has 1 aromatic rings. The van der Waals surface area contributed by atoms with Gasteiger partial charge in [0.05, 0.1) is 11.0 Å². The minimum atomic E-state index is -3.79. The monoisotopic (exact) mass is 286 g/mol. The number of ether oxygens (including phenoxy) is 1. The van der Waals surface area contributed by atoms with Gasteiger partial charge in [-0.05, 0) is 38.5 Å². The number of nitrogens with one attached hydrogen (secondary N) is 1. The molecular formula is C12H18N2O4S. The van der Waals surface area contributed by atoms with Crippen LogP contribution in [-0.2, 0) is 19.6 Å². The van der Waals surface area contributed by atoms with Crippen LogP contribution >= 0.6 is 0 Å². The third-order valence-electron chi connectivity index (χ3n) is 2.36. The third kappa shape index (κ3) is 4.98. The molecule has 0 aromatic heterocycles. The second-order valence-electron chi connectivity index (χ2n) is 4.43. The quantitative estimate of drug-likeness (QED) is 0.843. The number of benzene rings is 1. The Morgan fingerprint density at radius 2 is 2.05 bits per heavy atom. The minimum absolute atomic E-state index is 0.0434. The van der Waals surface area contributed by atoms with Gasteiger partial charge in [-0.3, -0.25) is 4.79 Å². The smallest absolute Gasteiger partial charge is 0.250 e. The van der Waals surface area contributed by atoms with E-state index in [1.54, 1.807) is 13.0 Å². The molecule has 1 rings (SSSR count). The Balaban J connectivity index is 2.86. The summed E-state index contributed by atoms with van der Waals surface area (Å²) in [6.45, 7) is 5.31. The third-order valence-corrected chi connectivity index (χ3v) is 3.27. The minimum Gasteiger partial charge on any atom is -0.369 e. The first-order valence-corrected chi connectivity index (χ1v) is 7.29. The molecule has 0 saturated carbocycles. The summed E-state index contributed by atoms with van der Waals surface area (Å²) < 4.78 is 27.6. The predicted molar refractivity (Wildman–Crippen MR) is 72.3 cm³/mol. The molecule has 0 spiro atoms. The van der Waals surface area contributed by atoms with E-state index in [0.717, 1.165) is 5.56 Å². The Kier molecular flexibility index (Phi) is 5.04. The molecule has 0 bridgehead atoms. The molecule has 1 aromatic carbocycles. The summed E-state index contributed by atoms with van der Waals surface area (Å²) in [4.78, 5) is 11.6. The number of carbonyl (C=O) groups is 1. The normalized spacial score (nSPS) is 11.6. The average molecular weight is 286 g/mol. The van der Waals surface area contributed by atoms with Crippen LogP contribution in [0.15, 0.2) is 23.1 Å². The summed E-state index contributed by atoms with van der Waals surface area (Å²) in [7, 11) is -3.79. The lowest BCUT2D eigenvalue weighted by Gasteiger charge is -2.11. The number of nitrogens with two attached hydrogens (primary N) is 1. The van der Waals surface area contributed by atoms with E-state index in [9.17, 15) is 13.2 Å². The molecule has 0 atom stereocenters. The molecule has 6 nitrogen and oxygen atoms in total. The topological polar surface area (TPSA) is 98.5 Å². The van der Waals surface area contributed by atoms with Crippen LogP contribution in [0.3, 0.4) is 0 Å². The van der Waals surface area contributed by atoms with Crippen LogP contribution in [-0.4, -0.2) is 27.0 Å². The Morgan fingerprint density at radius 1 is 1.42 bits per heavy atom. The first kappa shape index (κ1) is 15.6. The average Bonchev–Trinajstić information content (AvgIpc) is 2.28. The molecule has 0 saturated heterocycles. The van der Waals surface area contributed by atoms with Crippen molar-refractivity contribution in [2.24, 2.45) is 5.14 Å². The lowest BCUT2D eigenvalue weighted by molar-refractivity contribution is -0.121. The molecule has 0 heterocycles. The number of hydrogen-bond donors (Lipinski definition) is 2. The van der Waals surface area contributed by atoms with Gasteiger partial charge in [0.15, 0.2) is 0 Å². The number of anilines is 1. The molecule has 1 amide bonds. The summed E-state index contributed by atoms with van der Waals surface area (Å²) in [6.07, 6.45) is -0.0531. The highest BCUT2D eigenvalue weighted by Crippen LogP contribution is 2.19. The van der Waals surface area contributed by atoms with E-state index in [1.165, 1.54) is 12.1 Å². The van der Waals surface area contributed by atoms with E-state index in [1.807, 2.05) is 13.8 Å². The molecule has 106 valence electrons. The zero-order chi connectivity index (χ0) is 14.6. The summed E-state index contributed by atoms with van der Waals surface area (Å²) in [6, 6.07) is 4.31. The highest BCUT2D eigenvalue weighted by Gasteiger charge is 2.12. The number of amides is 1. The van der Waals surface area contributed by atoms with E-state index in [4.69, 9.17) is 9.88 Å². The van der Waals surface area contributed by atoms with Crippen molar-refractivity contribution in [1.82, 2.24) is 0 Å². The first-order valence-electron chi connectivity index (χ1n) is 5.75. The number of sulfonamides is 1. The summed E-state index contributed by atoms with van der Waals surface area (Å²) in [5, 5.41) is 7.63. The first-order chi connectivity index (χ1) is 8.70. The summed E-state index contributed by atoms with van der Waals surface area (Å²) in [5.41, 5.74) is 1.15. The van der Waals surface area contributed by atoms with Crippen molar-refractivity contribution in [2.75, 3.05) is 11.9 Å². The molecule has 7 heteroatoms. The van der Waals surface area contributed by atoms with E-state index < -0.39 is 10.0 Å². The fraction of sp³-hybridized carbons (Fsp3) is 0.417. The number of rotatable bonds is 5. The molecule has 0 aliphatic carbocycles. The number of primary sulfonamides is 1. The van der Waals surface area contributed by atoms with Gasteiger partial charge < -0.3 is 10.1 Å². The van der Waals surface area contributed by atoms with Gasteiger partial charge in [-0.1, -0.05) is 6.07 Å². The zero-order valence-electron chi connectivity index (χ0n) is 11.1. The molecule has 19 heavy (non-hydrogen) atoms. The molecule has 3 N–H and O–H groups in total. The fourth-order valence-electron chi connectivity index (χ4n) is 1.34. The van der Waals surface area contributed by atoms with Crippen molar-refractivity contribution in [3.63, 3.8) is 0 Å². The van der Waals surface area contributed by atoms with E-state index >= 15 is 0 Å². The van der Waals surface area contributed by atoms with Crippen molar-refractivity contribution < 1.29 is 17.9 Å². The Morgan fingerprint density at radius 3 is 2.58 bits per heavy atom. The van der Waals surface area contributed by atoms with Crippen molar-refractivity contribution in [3.05, 3.63) is 23.8 Å². The maximum atomic E-state index is 11.6. The Hall–Kier alpha value is -1.44. The van der Waals surface area contributed by atoms with E-state index in [2.05, 4.69) is 5.32 Å². The lowest BCUT2D eigenvalue weighted by Crippen LogP contribution is -2.21. The van der Waals surface area contributed by atoms with Gasteiger partial charge >= 0.3 is 0 Å². The summed E-state index contributed by atoms with van der Waals surface area (Å²) >= 11 is 0. The Labute approximate surface area is 113 Å². The lowest BCUT2D eigenvalue weighted by atomic mass is 10.2. The van der Waals surface area contributed by atoms with Crippen LogP contribution in [0.1, 0.15) is 19.4 Å². The second-order valence-corrected chi connectivity index (χ2v) is 5.99. The van der Waals surface area contributed by atoms with Crippen molar-refractivity contribution in [1.29, 1.82) is 0 Å². The van der Waals surface area contributed by atoms with Gasteiger partial charge in [0.1, 0.15) is 6.61 Å². The molecule has 0 aliphatic rings. The molecule has 0 aliphatic heterocycles. The van der Waals surface area contributed by atoms with E-state index in [-0.39, 0.29) is 23.5 Å². The maximum absolute atomic E-state index is 11.6. The molecule has 0 radical (unpaired) electrons. The number of aryl methyl sites for hydroxylation is 1. The number of carbonyl (C=O) groups excluding carboxylic acids is 1. The zero-order valence-corrected chi connectivity index (χ0v) is 12.0. The standard InChI is InChI=1S/C12H18N2O4S/c1-8(2)18-7-12(15)14-11-6-10(19(13,16)17)5-4-9(11)3/h4-6,8H,7H2,1-3H3,(H,14,15)(H2,13,16,17).